The molecule has 2 aromatic rings. The lowest BCUT2D eigenvalue weighted by molar-refractivity contribution is 0.322. The van der Waals surface area contributed by atoms with Gasteiger partial charge in [-0.25, -0.2) is 0 Å². The van der Waals surface area contributed by atoms with E-state index in [0.29, 0.717) is 0 Å². The summed E-state index contributed by atoms with van der Waals surface area (Å²) < 4.78 is 2.38. The second kappa shape index (κ2) is 4.44. The van der Waals surface area contributed by atoms with E-state index < -0.39 is 0 Å². The molecule has 0 unspecified atom stereocenters. The molecule has 0 amide bonds. The normalized spacial score (nSPS) is 17.6. The summed E-state index contributed by atoms with van der Waals surface area (Å²) in [5.74, 6) is 0.862. The Bertz CT molecular complexity index is 507. The molecule has 0 atom stereocenters. The average Bonchev–Trinajstić information content (AvgIpc) is 2.76. The first-order valence-corrected chi connectivity index (χ1v) is 6.68. The molecule has 0 saturated heterocycles. The molecule has 17 heavy (non-hydrogen) atoms. The van der Waals surface area contributed by atoms with E-state index >= 15 is 0 Å². The van der Waals surface area contributed by atoms with E-state index in [1.54, 1.807) is 0 Å². The molecule has 1 aromatic heterocycles. The number of hydrogen-bond acceptors (Lipinski definition) is 1. The Labute approximate surface area is 102 Å². The number of rotatable bonds is 2. The van der Waals surface area contributed by atoms with Crippen LogP contribution in [0.1, 0.15) is 32.1 Å². The van der Waals surface area contributed by atoms with Crippen LogP contribution in [-0.4, -0.2) is 4.57 Å². The van der Waals surface area contributed by atoms with Gasteiger partial charge in [0.1, 0.15) is 0 Å². The maximum atomic E-state index is 5.99. The number of nitrogen functional groups attached to an aromatic ring is 1. The van der Waals surface area contributed by atoms with E-state index in [-0.39, 0.29) is 0 Å². The lowest BCUT2D eigenvalue weighted by atomic mass is 9.89. The summed E-state index contributed by atoms with van der Waals surface area (Å²) in [6.45, 7) is 1.16. The second-order valence-corrected chi connectivity index (χ2v) is 5.25. The van der Waals surface area contributed by atoms with Gasteiger partial charge < -0.3 is 10.3 Å². The van der Waals surface area contributed by atoms with Gasteiger partial charge in [-0.1, -0.05) is 25.3 Å². The Morgan fingerprint density at radius 2 is 1.94 bits per heavy atom. The van der Waals surface area contributed by atoms with Crippen LogP contribution in [0.25, 0.3) is 10.9 Å². The van der Waals surface area contributed by atoms with Crippen LogP contribution < -0.4 is 5.73 Å². The smallest absolute Gasteiger partial charge is 0.0501 e. The highest BCUT2D eigenvalue weighted by Crippen LogP contribution is 2.28. The standard InChI is InChI=1S/C15H20N2/c16-14-7-4-8-15-13(14)9-10-17(15)11-12-5-2-1-3-6-12/h4,7-10,12H,1-3,5-6,11,16H2. The minimum atomic E-state index is 0.862. The Kier molecular flexibility index (Phi) is 2.79. The first-order valence-electron chi connectivity index (χ1n) is 6.68. The number of hydrogen-bond donors (Lipinski definition) is 1. The topological polar surface area (TPSA) is 30.9 Å². The van der Waals surface area contributed by atoms with Crippen molar-refractivity contribution in [1.82, 2.24) is 4.57 Å². The Hall–Kier alpha value is -1.44. The number of anilines is 1. The van der Waals surface area contributed by atoms with Crippen molar-refractivity contribution < 1.29 is 0 Å². The molecule has 90 valence electrons. The highest BCUT2D eigenvalue weighted by molar-refractivity contribution is 5.91. The number of nitrogens with zero attached hydrogens (tertiary/aromatic N) is 1. The zero-order valence-corrected chi connectivity index (χ0v) is 10.2. The van der Waals surface area contributed by atoms with Crippen LogP contribution in [0.4, 0.5) is 5.69 Å². The fourth-order valence-corrected chi connectivity index (χ4v) is 3.05. The van der Waals surface area contributed by atoms with Crippen molar-refractivity contribution in [2.45, 2.75) is 38.6 Å². The molecule has 0 aliphatic heterocycles. The molecule has 1 aliphatic rings. The molecule has 1 aliphatic carbocycles. The highest BCUT2D eigenvalue weighted by Gasteiger charge is 2.14. The summed E-state index contributed by atoms with van der Waals surface area (Å²) in [5, 5.41) is 1.20. The van der Waals surface area contributed by atoms with Gasteiger partial charge in [0, 0.05) is 23.8 Å². The molecular formula is C15H20N2. The fraction of sp³-hybridized carbons (Fsp3) is 0.467. The Balaban J connectivity index is 1.87. The molecule has 1 heterocycles. The van der Waals surface area contributed by atoms with Gasteiger partial charge in [-0.2, -0.15) is 0 Å². The summed E-state index contributed by atoms with van der Waals surface area (Å²) in [6.07, 6.45) is 9.22. The number of fused-ring (bicyclic) bond motifs is 1. The number of nitrogens with two attached hydrogens (primary N) is 1. The van der Waals surface area contributed by atoms with Gasteiger partial charge in [-0.3, -0.25) is 0 Å². The average molecular weight is 228 g/mol. The summed E-state index contributed by atoms with van der Waals surface area (Å²) in [6, 6.07) is 8.35. The Morgan fingerprint density at radius 3 is 2.76 bits per heavy atom. The molecule has 0 spiro atoms. The van der Waals surface area contributed by atoms with E-state index in [9.17, 15) is 0 Å². The summed E-state index contributed by atoms with van der Waals surface area (Å²) in [5.41, 5.74) is 8.17. The van der Waals surface area contributed by atoms with Crippen LogP contribution in [0.3, 0.4) is 0 Å². The molecule has 0 radical (unpaired) electrons. The van der Waals surface area contributed by atoms with E-state index in [4.69, 9.17) is 5.73 Å². The zero-order valence-electron chi connectivity index (χ0n) is 10.2. The van der Waals surface area contributed by atoms with Crippen LogP contribution in [-0.2, 0) is 6.54 Å². The lowest BCUT2D eigenvalue weighted by Crippen LogP contribution is -2.13. The quantitative estimate of drug-likeness (QED) is 0.779. The van der Waals surface area contributed by atoms with Gasteiger partial charge in [0.15, 0.2) is 0 Å². The van der Waals surface area contributed by atoms with Crippen LogP contribution >= 0.6 is 0 Å². The third kappa shape index (κ3) is 2.04. The molecular weight excluding hydrogens is 208 g/mol. The largest absolute Gasteiger partial charge is 0.398 e. The third-order valence-corrected chi connectivity index (χ3v) is 4.03. The first kappa shape index (κ1) is 10.7. The number of benzene rings is 1. The lowest BCUT2D eigenvalue weighted by Gasteiger charge is -2.22. The van der Waals surface area contributed by atoms with Crippen molar-refractivity contribution in [3.05, 3.63) is 30.5 Å². The molecule has 0 bridgehead atoms. The molecule has 1 aromatic carbocycles. The minimum absolute atomic E-state index is 0.862. The van der Waals surface area contributed by atoms with E-state index in [2.05, 4.69) is 29.0 Å². The maximum absolute atomic E-state index is 5.99. The van der Waals surface area contributed by atoms with Crippen molar-refractivity contribution in [1.29, 1.82) is 0 Å². The van der Waals surface area contributed by atoms with E-state index in [0.717, 1.165) is 18.2 Å². The van der Waals surface area contributed by atoms with Gasteiger partial charge in [0.2, 0.25) is 0 Å². The fourth-order valence-electron chi connectivity index (χ4n) is 3.05. The molecule has 1 saturated carbocycles. The Morgan fingerprint density at radius 1 is 1.12 bits per heavy atom. The summed E-state index contributed by atoms with van der Waals surface area (Å²) in [4.78, 5) is 0. The van der Waals surface area contributed by atoms with Gasteiger partial charge in [-0.05, 0) is 37.0 Å². The van der Waals surface area contributed by atoms with Crippen LogP contribution in [0, 0.1) is 5.92 Å². The summed E-state index contributed by atoms with van der Waals surface area (Å²) in [7, 11) is 0. The van der Waals surface area contributed by atoms with Crippen LogP contribution in [0.2, 0.25) is 0 Å². The van der Waals surface area contributed by atoms with Gasteiger partial charge in [0.25, 0.3) is 0 Å². The highest BCUT2D eigenvalue weighted by atomic mass is 15.0. The van der Waals surface area contributed by atoms with Gasteiger partial charge >= 0.3 is 0 Å². The molecule has 1 fully saturated rings. The second-order valence-electron chi connectivity index (χ2n) is 5.25. The van der Waals surface area contributed by atoms with Crippen molar-refractivity contribution >= 4 is 16.6 Å². The molecule has 2 N–H and O–H groups in total. The monoisotopic (exact) mass is 228 g/mol. The third-order valence-electron chi connectivity index (χ3n) is 4.03. The molecule has 3 rings (SSSR count). The van der Waals surface area contributed by atoms with Crippen molar-refractivity contribution in [2.75, 3.05) is 5.73 Å². The SMILES string of the molecule is Nc1cccc2c1ccn2CC1CCCCC1. The maximum Gasteiger partial charge on any atom is 0.0501 e. The van der Waals surface area contributed by atoms with Crippen molar-refractivity contribution in [3.63, 3.8) is 0 Å². The zero-order chi connectivity index (χ0) is 11.7. The first-order chi connectivity index (χ1) is 8.34. The van der Waals surface area contributed by atoms with Crippen molar-refractivity contribution in [3.8, 4) is 0 Å². The molecule has 2 heteroatoms. The van der Waals surface area contributed by atoms with Crippen LogP contribution in [0.15, 0.2) is 30.5 Å². The van der Waals surface area contributed by atoms with Gasteiger partial charge in [0.05, 0.1) is 5.52 Å². The number of aromatic nitrogens is 1. The van der Waals surface area contributed by atoms with Crippen LogP contribution in [0.5, 0.6) is 0 Å². The van der Waals surface area contributed by atoms with E-state index in [1.807, 2.05) is 6.07 Å². The predicted molar refractivity (Wildman–Crippen MR) is 72.9 cm³/mol. The predicted octanol–water partition coefficient (Wildman–Crippen LogP) is 3.80. The molecule has 2 nitrogen and oxygen atoms in total. The van der Waals surface area contributed by atoms with Crippen molar-refractivity contribution in [2.24, 2.45) is 5.92 Å². The van der Waals surface area contributed by atoms with Gasteiger partial charge in [-0.15, -0.1) is 0 Å². The van der Waals surface area contributed by atoms with E-state index in [1.165, 1.54) is 43.0 Å². The summed E-state index contributed by atoms with van der Waals surface area (Å²) >= 11 is 0. The minimum Gasteiger partial charge on any atom is -0.398 e.